The van der Waals surface area contributed by atoms with Crippen molar-refractivity contribution in [3.05, 3.63) is 28.2 Å². The summed E-state index contributed by atoms with van der Waals surface area (Å²) in [6.45, 7) is 2.66. The molecule has 1 aromatic carbocycles. The molecule has 0 atom stereocenters. The average molecular weight is 345 g/mol. The number of carbonyl (C=O) groups excluding carboxylic acids is 1. The predicted molar refractivity (Wildman–Crippen MR) is 81.9 cm³/mol. The highest BCUT2D eigenvalue weighted by atomic mass is 79.9. The molecule has 1 rings (SSSR count). The van der Waals surface area contributed by atoms with Gasteiger partial charge < -0.3 is 20.1 Å². The van der Waals surface area contributed by atoms with Crippen LogP contribution in [0.1, 0.15) is 12.0 Å². The number of hydrogen-bond donors (Lipinski definition) is 2. The smallest absolute Gasteiger partial charge is 0.223 e. The standard InChI is InChI=1S/C14H21BrN2O3/c1-16-14(18)5-7-20-13-4-3-11(9-12(13)15)10-17-6-8-19-2/h3-4,9,17H,5-8,10H2,1-2H3,(H,16,18). The van der Waals surface area contributed by atoms with E-state index in [4.69, 9.17) is 9.47 Å². The first-order valence-corrected chi connectivity index (χ1v) is 7.28. The number of carbonyl (C=O) groups is 1. The van der Waals surface area contributed by atoms with Crippen molar-refractivity contribution in [3.8, 4) is 5.75 Å². The monoisotopic (exact) mass is 344 g/mol. The Labute approximate surface area is 128 Å². The summed E-state index contributed by atoms with van der Waals surface area (Å²) in [7, 11) is 3.30. The Morgan fingerprint density at radius 1 is 1.35 bits per heavy atom. The highest BCUT2D eigenvalue weighted by Crippen LogP contribution is 2.26. The first-order chi connectivity index (χ1) is 9.67. The zero-order valence-corrected chi connectivity index (χ0v) is 13.5. The SMILES string of the molecule is CNC(=O)CCOc1ccc(CNCCOC)cc1Br. The Balaban J connectivity index is 2.40. The fourth-order valence-electron chi connectivity index (χ4n) is 1.56. The van der Waals surface area contributed by atoms with E-state index in [-0.39, 0.29) is 5.91 Å². The van der Waals surface area contributed by atoms with E-state index in [1.165, 1.54) is 0 Å². The van der Waals surface area contributed by atoms with Crippen LogP contribution in [0.4, 0.5) is 0 Å². The van der Waals surface area contributed by atoms with Crippen molar-refractivity contribution in [3.63, 3.8) is 0 Å². The Bertz CT molecular complexity index is 427. The van der Waals surface area contributed by atoms with Gasteiger partial charge in [0.15, 0.2) is 0 Å². The third-order valence-electron chi connectivity index (χ3n) is 2.67. The summed E-state index contributed by atoms with van der Waals surface area (Å²) in [6.07, 6.45) is 0.350. The molecule has 20 heavy (non-hydrogen) atoms. The number of halogens is 1. The fraction of sp³-hybridized carbons (Fsp3) is 0.500. The molecule has 0 aliphatic carbocycles. The minimum atomic E-state index is -0.0277. The van der Waals surface area contributed by atoms with Crippen LogP contribution in [-0.2, 0) is 16.1 Å². The van der Waals surface area contributed by atoms with E-state index in [1.807, 2.05) is 18.2 Å². The molecule has 6 heteroatoms. The second-order valence-electron chi connectivity index (χ2n) is 4.21. The second-order valence-corrected chi connectivity index (χ2v) is 5.06. The van der Waals surface area contributed by atoms with Crippen molar-refractivity contribution in [2.45, 2.75) is 13.0 Å². The van der Waals surface area contributed by atoms with E-state index in [1.54, 1.807) is 14.2 Å². The van der Waals surface area contributed by atoms with E-state index >= 15 is 0 Å². The van der Waals surface area contributed by atoms with Gasteiger partial charge in [-0.15, -0.1) is 0 Å². The highest BCUT2D eigenvalue weighted by Gasteiger charge is 2.04. The molecule has 0 heterocycles. The Kier molecular flexibility index (Phi) is 8.25. The van der Waals surface area contributed by atoms with Gasteiger partial charge in [0, 0.05) is 27.2 Å². The van der Waals surface area contributed by atoms with E-state index < -0.39 is 0 Å². The Morgan fingerprint density at radius 2 is 2.15 bits per heavy atom. The molecule has 1 amide bonds. The zero-order chi connectivity index (χ0) is 14.8. The summed E-state index contributed by atoms with van der Waals surface area (Å²) in [6, 6.07) is 5.91. The molecule has 112 valence electrons. The Hall–Kier alpha value is -1.11. The number of rotatable bonds is 9. The molecule has 0 radical (unpaired) electrons. The number of benzene rings is 1. The summed E-state index contributed by atoms with van der Waals surface area (Å²) in [5.41, 5.74) is 1.16. The summed E-state index contributed by atoms with van der Waals surface area (Å²) < 4.78 is 11.4. The van der Waals surface area contributed by atoms with E-state index in [0.29, 0.717) is 19.6 Å². The van der Waals surface area contributed by atoms with Crippen molar-refractivity contribution in [1.29, 1.82) is 0 Å². The molecule has 5 nitrogen and oxygen atoms in total. The number of nitrogens with one attached hydrogen (secondary N) is 2. The van der Waals surface area contributed by atoms with Gasteiger partial charge in [0.2, 0.25) is 5.91 Å². The normalized spacial score (nSPS) is 10.3. The van der Waals surface area contributed by atoms with Crippen molar-refractivity contribution in [2.24, 2.45) is 0 Å². The minimum absolute atomic E-state index is 0.0277. The summed E-state index contributed by atoms with van der Waals surface area (Å²) >= 11 is 3.48. The lowest BCUT2D eigenvalue weighted by molar-refractivity contribution is -0.121. The van der Waals surface area contributed by atoms with Gasteiger partial charge in [-0.25, -0.2) is 0 Å². The van der Waals surface area contributed by atoms with Crippen LogP contribution in [0.3, 0.4) is 0 Å². The van der Waals surface area contributed by atoms with E-state index in [9.17, 15) is 4.79 Å². The summed E-state index contributed by atoms with van der Waals surface area (Å²) in [4.78, 5) is 11.1. The van der Waals surface area contributed by atoms with Crippen molar-refractivity contribution < 1.29 is 14.3 Å². The van der Waals surface area contributed by atoms with E-state index in [2.05, 4.69) is 26.6 Å². The summed E-state index contributed by atoms with van der Waals surface area (Å²) in [5.74, 6) is 0.717. The lowest BCUT2D eigenvalue weighted by Gasteiger charge is -2.10. The minimum Gasteiger partial charge on any atom is -0.492 e. The van der Waals surface area contributed by atoms with Crippen LogP contribution in [-0.4, -0.2) is 39.8 Å². The molecule has 0 aliphatic rings. The molecule has 2 N–H and O–H groups in total. The molecule has 0 bridgehead atoms. The zero-order valence-electron chi connectivity index (χ0n) is 11.9. The molecular formula is C14H21BrN2O3. The first kappa shape index (κ1) is 16.9. The van der Waals surface area contributed by atoms with Gasteiger partial charge in [0.05, 0.1) is 24.1 Å². The number of methoxy groups -OCH3 is 1. The highest BCUT2D eigenvalue weighted by molar-refractivity contribution is 9.10. The molecule has 0 aromatic heterocycles. The summed E-state index contributed by atoms with van der Waals surface area (Å²) in [5, 5.41) is 5.83. The molecule has 0 fully saturated rings. The molecule has 0 saturated carbocycles. The second kappa shape index (κ2) is 9.74. The van der Waals surface area contributed by atoms with E-state index in [0.717, 1.165) is 28.9 Å². The quantitative estimate of drug-likeness (QED) is 0.669. The number of hydrogen-bond acceptors (Lipinski definition) is 4. The van der Waals surface area contributed by atoms with Crippen molar-refractivity contribution >= 4 is 21.8 Å². The van der Waals surface area contributed by atoms with Crippen molar-refractivity contribution in [2.75, 3.05) is 33.9 Å². The largest absolute Gasteiger partial charge is 0.492 e. The third kappa shape index (κ3) is 6.36. The van der Waals surface area contributed by atoms with Gasteiger partial charge in [-0.2, -0.15) is 0 Å². The lowest BCUT2D eigenvalue weighted by atomic mass is 10.2. The lowest BCUT2D eigenvalue weighted by Crippen LogP contribution is -2.20. The molecular weight excluding hydrogens is 324 g/mol. The average Bonchev–Trinajstić information content (AvgIpc) is 2.45. The van der Waals surface area contributed by atoms with Gasteiger partial charge in [0.1, 0.15) is 5.75 Å². The van der Waals surface area contributed by atoms with Gasteiger partial charge >= 0.3 is 0 Å². The molecule has 0 unspecified atom stereocenters. The molecule has 0 saturated heterocycles. The van der Waals surface area contributed by atoms with Gasteiger partial charge in [0.25, 0.3) is 0 Å². The molecule has 1 aromatic rings. The van der Waals surface area contributed by atoms with Crippen LogP contribution in [0.5, 0.6) is 5.75 Å². The maximum Gasteiger partial charge on any atom is 0.223 e. The van der Waals surface area contributed by atoms with Crippen LogP contribution >= 0.6 is 15.9 Å². The number of amides is 1. The maximum atomic E-state index is 11.1. The van der Waals surface area contributed by atoms with Crippen LogP contribution in [0.25, 0.3) is 0 Å². The van der Waals surface area contributed by atoms with Gasteiger partial charge in [-0.1, -0.05) is 6.07 Å². The maximum absolute atomic E-state index is 11.1. The van der Waals surface area contributed by atoms with Crippen molar-refractivity contribution in [1.82, 2.24) is 10.6 Å². The topological polar surface area (TPSA) is 59.6 Å². The first-order valence-electron chi connectivity index (χ1n) is 6.49. The van der Waals surface area contributed by atoms with Crippen LogP contribution in [0.2, 0.25) is 0 Å². The fourth-order valence-corrected chi connectivity index (χ4v) is 2.10. The Morgan fingerprint density at radius 3 is 2.80 bits per heavy atom. The van der Waals surface area contributed by atoms with Crippen LogP contribution in [0.15, 0.2) is 22.7 Å². The van der Waals surface area contributed by atoms with Gasteiger partial charge in [-0.05, 0) is 33.6 Å². The van der Waals surface area contributed by atoms with Crippen LogP contribution in [0, 0.1) is 0 Å². The molecule has 0 spiro atoms. The predicted octanol–water partition coefficient (Wildman–Crippen LogP) is 1.70. The van der Waals surface area contributed by atoms with Gasteiger partial charge in [-0.3, -0.25) is 4.79 Å². The molecule has 0 aliphatic heterocycles. The van der Waals surface area contributed by atoms with Crippen LogP contribution < -0.4 is 15.4 Å². The number of ether oxygens (including phenoxy) is 2. The third-order valence-corrected chi connectivity index (χ3v) is 3.29.